The lowest BCUT2D eigenvalue weighted by Crippen LogP contribution is -2.55. The first-order valence-electron chi connectivity index (χ1n) is 12.5. The summed E-state index contributed by atoms with van der Waals surface area (Å²) in [7, 11) is 0. The van der Waals surface area contributed by atoms with Gasteiger partial charge in [-0.15, -0.1) is 6.42 Å². The second-order valence-electron chi connectivity index (χ2n) is 10.2. The lowest BCUT2D eigenvalue weighted by atomic mass is 9.95. The van der Waals surface area contributed by atoms with E-state index >= 15 is 0 Å². The van der Waals surface area contributed by atoms with E-state index in [4.69, 9.17) is 11.2 Å². The number of nitrogens with one attached hydrogen (secondary N) is 2. The minimum atomic E-state index is -0.865. The largest absolute Gasteiger partial charge is 0.444 e. The van der Waals surface area contributed by atoms with Crippen molar-refractivity contribution in [2.45, 2.75) is 98.4 Å². The van der Waals surface area contributed by atoms with Crippen LogP contribution >= 0.6 is 0 Å². The third-order valence-electron chi connectivity index (χ3n) is 5.57. The van der Waals surface area contributed by atoms with Gasteiger partial charge in [0.15, 0.2) is 0 Å². The normalized spacial score (nSPS) is 13.8. The van der Waals surface area contributed by atoms with Crippen LogP contribution < -0.4 is 10.6 Å². The number of hydrogen-bond acceptors (Lipinski definition) is 4. The number of carbonyl (C=O) groups is 3. The average molecular weight is 486 g/mol. The number of benzene rings is 1. The van der Waals surface area contributed by atoms with Crippen molar-refractivity contribution in [3.63, 3.8) is 0 Å². The molecule has 7 nitrogen and oxygen atoms in total. The van der Waals surface area contributed by atoms with Crippen LogP contribution in [0.2, 0.25) is 0 Å². The van der Waals surface area contributed by atoms with Gasteiger partial charge in [-0.2, -0.15) is 0 Å². The highest BCUT2D eigenvalue weighted by Gasteiger charge is 2.38. The van der Waals surface area contributed by atoms with Crippen LogP contribution in [-0.4, -0.2) is 47.0 Å². The second-order valence-corrected chi connectivity index (χ2v) is 10.2. The first-order chi connectivity index (χ1) is 16.3. The molecule has 3 unspecified atom stereocenters. The van der Waals surface area contributed by atoms with Crippen molar-refractivity contribution in [1.82, 2.24) is 15.5 Å². The van der Waals surface area contributed by atoms with Crippen LogP contribution in [0.3, 0.4) is 0 Å². The Labute approximate surface area is 211 Å². The number of ether oxygens (including phenoxy) is 1. The summed E-state index contributed by atoms with van der Waals surface area (Å²) in [6, 6.07) is 5.28. The summed E-state index contributed by atoms with van der Waals surface area (Å²) in [6.07, 6.45) is 7.06. The zero-order chi connectivity index (χ0) is 26.8. The molecule has 2 N–H and O–H groups in total. The Balaban J connectivity index is 3.50. The van der Waals surface area contributed by atoms with Crippen molar-refractivity contribution in [2.24, 2.45) is 5.92 Å². The van der Waals surface area contributed by atoms with Gasteiger partial charge in [0.1, 0.15) is 17.7 Å². The molecule has 194 valence electrons. The molecule has 1 aromatic rings. The molecule has 7 heteroatoms. The van der Waals surface area contributed by atoms with E-state index in [1.54, 1.807) is 49.9 Å². The van der Waals surface area contributed by atoms with Gasteiger partial charge in [-0.3, -0.25) is 9.59 Å². The van der Waals surface area contributed by atoms with Crippen molar-refractivity contribution < 1.29 is 19.1 Å². The lowest BCUT2D eigenvalue weighted by molar-refractivity contribution is -0.143. The van der Waals surface area contributed by atoms with Gasteiger partial charge in [-0.05, 0) is 64.7 Å². The Morgan fingerprint density at radius 1 is 1.06 bits per heavy atom. The van der Waals surface area contributed by atoms with Gasteiger partial charge in [-0.1, -0.05) is 51.7 Å². The van der Waals surface area contributed by atoms with Crippen molar-refractivity contribution in [3.05, 3.63) is 35.4 Å². The highest BCUT2D eigenvalue weighted by atomic mass is 16.6. The maximum Gasteiger partial charge on any atom is 0.408 e. The van der Waals surface area contributed by atoms with Gasteiger partial charge in [0.05, 0.1) is 0 Å². The van der Waals surface area contributed by atoms with Gasteiger partial charge in [-0.25, -0.2) is 4.79 Å². The summed E-state index contributed by atoms with van der Waals surface area (Å²) >= 11 is 0. The molecule has 3 atom stereocenters. The van der Waals surface area contributed by atoms with E-state index in [-0.39, 0.29) is 23.8 Å². The van der Waals surface area contributed by atoms with Gasteiger partial charge in [0.25, 0.3) is 0 Å². The molecule has 0 aromatic heterocycles. The second kappa shape index (κ2) is 13.8. The topological polar surface area (TPSA) is 87.7 Å². The predicted molar refractivity (Wildman–Crippen MR) is 140 cm³/mol. The van der Waals surface area contributed by atoms with Crippen LogP contribution in [0.5, 0.6) is 0 Å². The van der Waals surface area contributed by atoms with Gasteiger partial charge in [0, 0.05) is 18.2 Å². The molecule has 0 saturated carbocycles. The highest BCUT2D eigenvalue weighted by molar-refractivity contribution is 5.92. The molecular formula is C28H43N3O4. The van der Waals surface area contributed by atoms with E-state index in [2.05, 4.69) is 16.6 Å². The Bertz CT molecular complexity index is 881. The molecule has 1 aromatic carbocycles. The number of unbranched alkanes of at least 4 members (excludes halogenated alkanes) is 1. The fourth-order valence-corrected chi connectivity index (χ4v) is 3.59. The standard InChI is InChI=1S/C28H43N3O4/c1-10-13-18-31(26(33)23(20(6)11-2)30-27(34)35-28(7,8)9)24(25(32)29-19(4)5)22-16-14-21(12-3)15-17-22/h3,14-17,19-20,23-24H,10-11,13,18H2,1-2,4-9H3,(H,29,32)(H,30,34). The minimum absolute atomic E-state index is 0.108. The van der Waals surface area contributed by atoms with Crippen LogP contribution in [-0.2, 0) is 14.3 Å². The fourth-order valence-electron chi connectivity index (χ4n) is 3.59. The van der Waals surface area contributed by atoms with E-state index in [1.165, 1.54) is 0 Å². The SMILES string of the molecule is C#Cc1ccc(C(C(=O)NC(C)C)N(CCCC)C(=O)C(NC(=O)OC(C)(C)C)C(C)CC)cc1. The monoisotopic (exact) mass is 485 g/mol. The summed E-state index contributed by atoms with van der Waals surface area (Å²) < 4.78 is 5.43. The maximum absolute atomic E-state index is 14.0. The molecule has 0 heterocycles. The number of carbonyl (C=O) groups excluding carboxylic acids is 3. The van der Waals surface area contributed by atoms with Crippen molar-refractivity contribution in [3.8, 4) is 12.3 Å². The van der Waals surface area contributed by atoms with Crippen molar-refractivity contribution in [2.75, 3.05) is 6.54 Å². The van der Waals surface area contributed by atoms with E-state index in [1.807, 2.05) is 34.6 Å². The Kier molecular flexibility index (Phi) is 11.8. The summed E-state index contributed by atoms with van der Waals surface area (Å²) in [5.74, 6) is 1.81. The summed E-state index contributed by atoms with van der Waals surface area (Å²) in [4.78, 5) is 41.7. The third kappa shape index (κ3) is 9.64. The molecule has 35 heavy (non-hydrogen) atoms. The maximum atomic E-state index is 14.0. The van der Waals surface area contributed by atoms with E-state index < -0.39 is 23.8 Å². The third-order valence-corrected chi connectivity index (χ3v) is 5.57. The summed E-state index contributed by atoms with van der Waals surface area (Å²) in [6.45, 7) is 15.3. The molecule has 0 aliphatic heterocycles. The van der Waals surface area contributed by atoms with Gasteiger partial charge in [0.2, 0.25) is 11.8 Å². The van der Waals surface area contributed by atoms with E-state index in [0.29, 0.717) is 30.5 Å². The molecular weight excluding hydrogens is 442 g/mol. The van der Waals surface area contributed by atoms with E-state index in [0.717, 1.165) is 6.42 Å². The molecule has 0 fully saturated rings. The number of hydrogen-bond donors (Lipinski definition) is 2. The fraction of sp³-hybridized carbons (Fsp3) is 0.607. The minimum Gasteiger partial charge on any atom is -0.444 e. The Hall–Kier alpha value is -3.01. The number of alkyl carbamates (subject to hydrolysis) is 1. The van der Waals surface area contributed by atoms with Crippen LogP contribution in [0.4, 0.5) is 4.79 Å². The number of rotatable bonds is 11. The molecule has 0 aliphatic carbocycles. The molecule has 0 spiro atoms. The van der Waals surface area contributed by atoms with E-state index in [9.17, 15) is 14.4 Å². The molecule has 3 amide bonds. The molecule has 0 bridgehead atoms. The lowest BCUT2D eigenvalue weighted by Gasteiger charge is -2.36. The van der Waals surface area contributed by atoms with Crippen LogP contribution in [0.25, 0.3) is 0 Å². The first-order valence-corrected chi connectivity index (χ1v) is 12.5. The van der Waals surface area contributed by atoms with Gasteiger partial charge < -0.3 is 20.3 Å². The zero-order valence-corrected chi connectivity index (χ0v) is 22.6. The highest BCUT2D eigenvalue weighted by Crippen LogP contribution is 2.26. The van der Waals surface area contributed by atoms with Crippen LogP contribution in [0.1, 0.15) is 91.8 Å². The smallest absolute Gasteiger partial charge is 0.408 e. The Morgan fingerprint density at radius 3 is 2.11 bits per heavy atom. The van der Waals surface area contributed by atoms with Crippen molar-refractivity contribution in [1.29, 1.82) is 0 Å². The molecule has 0 saturated heterocycles. The molecule has 0 radical (unpaired) electrons. The average Bonchev–Trinajstić information content (AvgIpc) is 2.77. The summed E-state index contributed by atoms with van der Waals surface area (Å²) in [5.41, 5.74) is 0.645. The Morgan fingerprint density at radius 2 is 1.66 bits per heavy atom. The predicted octanol–water partition coefficient (Wildman–Crippen LogP) is 4.80. The molecule has 0 aliphatic rings. The molecule has 1 rings (SSSR count). The quantitative estimate of drug-likeness (QED) is 0.441. The number of amides is 3. The van der Waals surface area contributed by atoms with Crippen LogP contribution in [0.15, 0.2) is 24.3 Å². The zero-order valence-electron chi connectivity index (χ0n) is 22.6. The first kappa shape index (κ1) is 30.0. The summed E-state index contributed by atoms with van der Waals surface area (Å²) in [5, 5.41) is 5.73. The number of terminal acetylenes is 1. The van der Waals surface area contributed by atoms with Crippen LogP contribution in [0, 0.1) is 18.3 Å². The number of nitrogens with zero attached hydrogens (tertiary/aromatic N) is 1. The van der Waals surface area contributed by atoms with Gasteiger partial charge >= 0.3 is 6.09 Å². The van der Waals surface area contributed by atoms with Crippen molar-refractivity contribution >= 4 is 17.9 Å².